The highest BCUT2D eigenvalue weighted by molar-refractivity contribution is 7.13. The van der Waals surface area contributed by atoms with Gasteiger partial charge in [0.15, 0.2) is 0 Å². The van der Waals surface area contributed by atoms with Gasteiger partial charge in [-0.25, -0.2) is 14.2 Å². The molecule has 0 unspecified atom stereocenters. The van der Waals surface area contributed by atoms with Gasteiger partial charge in [-0.3, -0.25) is 4.68 Å². The molecule has 2 N–H and O–H groups in total. The van der Waals surface area contributed by atoms with Crippen LogP contribution in [0.5, 0.6) is 0 Å². The molecule has 0 saturated carbocycles. The minimum Gasteiger partial charge on any atom is -0.455 e. The highest BCUT2D eigenvalue weighted by Crippen LogP contribution is 2.24. The van der Waals surface area contributed by atoms with Crippen molar-refractivity contribution < 1.29 is 13.9 Å². The first-order chi connectivity index (χ1) is 11.4. The molecule has 0 amide bonds. The lowest BCUT2D eigenvalue weighted by atomic mass is 10.1. The fourth-order valence-electron chi connectivity index (χ4n) is 2.18. The number of hydrogen-bond acceptors (Lipinski definition) is 6. The number of aromatic nitrogens is 3. The monoisotopic (exact) mass is 346 g/mol. The summed E-state index contributed by atoms with van der Waals surface area (Å²) in [7, 11) is 1.82. The van der Waals surface area contributed by atoms with E-state index < -0.39 is 11.8 Å². The Morgan fingerprint density at radius 3 is 2.96 bits per heavy atom. The summed E-state index contributed by atoms with van der Waals surface area (Å²) in [5.74, 6) is -1.20. The third-order valence-corrected chi connectivity index (χ3v) is 4.37. The molecular weight excluding hydrogens is 331 g/mol. The predicted molar refractivity (Wildman–Crippen MR) is 89.0 cm³/mol. The molecule has 0 fully saturated rings. The third-order valence-electron chi connectivity index (χ3n) is 3.43. The number of hydrogen-bond donors (Lipinski definition) is 1. The van der Waals surface area contributed by atoms with E-state index in [9.17, 15) is 9.18 Å². The van der Waals surface area contributed by atoms with Gasteiger partial charge in [-0.1, -0.05) is 0 Å². The average molecular weight is 346 g/mol. The number of nitrogens with zero attached hydrogens (tertiary/aromatic N) is 3. The number of rotatable bonds is 4. The van der Waals surface area contributed by atoms with Crippen LogP contribution in [0.4, 0.5) is 10.1 Å². The Kier molecular flexibility index (Phi) is 4.30. The number of ether oxygens (including phenoxy) is 1. The summed E-state index contributed by atoms with van der Waals surface area (Å²) in [6.07, 6.45) is 3.57. The number of carbonyl (C=O) groups is 1. The molecule has 0 aliphatic heterocycles. The number of aryl methyl sites for hydroxylation is 2. The maximum absolute atomic E-state index is 13.4. The molecule has 3 rings (SSSR count). The van der Waals surface area contributed by atoms with Crippen LogP contribution in [0.15, 0.2) is 29.9 Å². The lowest BCUT2D eigenvalue weighted by Crippen LogP contribution is -2.10. The normalized spacial score (nSPS) is 10.8. The van der Waals surface area contributed by atoms with E-state index in [2.05, 4.69) is 10.1 Å². The Morgan fingerprint density at radius 1 is 1.46 bits per heavy atom. The van der Waals surface area contributed by atoms with Gasteiger partial charge in [0.25, 0.3) is 0 Å². The minimum absolute atomic E-state index is 0.00933. The third kappa shape index (κ3) is 3.28. The van der Waals surface area contributed by atoms with Crippen LogP contribution in [0.1, 0.15) is 21.6 Å². The van der Waals surface area contributed by atoms with Crippen LogP contribution in [0.3, 0.4) is 0 Å². The van der Waals surface area contributed by atoms with Gasteiger partial charge in [-0.05, 0) is 24.6 Å². The molecule has 0 atom stereocenters. The van der Waals surface area contributed by atoms with Crippen LogP contribution in [0.25, 0.3) is 10.6 Å². The Bertz CT molecular complexity index is 903. The lowest BCUT2D eigenvalue weighted by Gasteiger charge is -2.08. The molecule has 0 saturated heterocycles. The van der Waals surface area contributed by atoms with Gasteiger partial charge in [-0.15, -0.1) is 11.3 Å². The average Bonchev–Trinajstić information content (AvgIpc) is 3.17. The van der Waals surface area contributed by atoms with E-state index in [1.807, 2.05) is 13.2 Å². The maximum atomic E-state index is 13.4. The molecule has 0 radical (unpaired) electrons. The largest absolute Gasteiger partial charge is 0.455 e. The molecule has 1 aromatic carbocycles. The number of carbonyl (C=O) groups excluding carboxylic acids is 1. The van der Waals surface area contributed by atoms with Gasteiger partial charge < -0.3 is 10.5 Å². The Balaban J connectivity index is 1.70. The SMILES string of the molecule is Cc1cc(F)cc(C(=O)OCc2csc(-c3cnn(C)c3)n2)c1N. The van der Waals surface area contributed by atoms with Crippen molar-refractivity contribution in [3.05, 3.63) is 52.5 Å². The molecular formula is C16H15FN4O2S. The van der Waals surface area contributed by atoms with Gasteiger partial charge in [0.2, 0.25) is 0 Å². The van der Waals surface area contributed by atoms with Gasteiger partial charge in [-0.2, -0.15) is 5.10 Å². The molecule has 0 spiro atoms. The minimum atomic E-state index is -0.675. The van der Waals surface area contributed by atoms with Crippen molar-refractivity contribution in [1.29, 1.82) is 0 Å². The van der Waals surface area contributed by atoms with Gasteiger partial charge in [0.05, 0.1) is 17.5 Å². The van der Waals surface area contributed by atoms with Crippen LogP contribution in [-0.2, 0) is 18.4 Å². The number of thiazole rings is 1. The first-order valence-corrected chi connectivity index (χ1v) is 7.98. The summed E-state index contributed by atoms with van der Waals surface area (Å²) in [5, 5.41) is 6.68. The summed E-state index contributed by atoms with van der Waals surface area (Å²) in [6, 6.07) is 2.35. The van der Waals surface area contributed by atoms with Crippen LogP contribution in [0, 0.1) is 12.7 Å². The van der Waals surface area contributed by atoms with Crippen LogP contribution in [0.2, 0.25) is 0 Å². The van der Waals surface area contributed by atoms with E-state index in [1.54, 1.807) is 23.2 Å². The van der Waals surface area contributed by atoms with Crippen molar-refractivity contribution in [1.82, 2.24) is 14.8 Å². The van der Waals surface area contributed by atoms with Crippen molar-refractivity contribution in [2.24, 2.45) is 7.05 Å². The molecule has 3 aromatic rings. The first kappa shape index (κ1) is 16.1. The van der Waals surface area contributed by atoms with Gasteiger partial charge in [0, 0.05) is 29.9 Å². The number of benzene rings is 1. The standard InChI is InChI=1S/C16H15FN4O2S/c1-9-3-11(17)4-13(14(9)18)16(22)23-7-12-8-24-15(20-12)10-5-19-21(2)6-10/h3-6,8H,7,18H2,1-2H3. The van der Waals surface area contributed by atoms with E-state index in [4.69, 9.17) is 10.5 Å². The Hall–Kier alpha value is -2.74. The van der Waals surface area contributed by atoms with Gasteiger partial charge in [0.1, 0.15) is 17.4 Å². The second kappa shape index (κ2) is 6.40. The zero-order valence-corrected chi connectivity index (χ0v) is 13.9. The zero-order chi connectivity index (χ0) is 17.3. The van der Waals surface area contributed by atoms with Crippen molar-refractivity contribution >= 4 is 23.0 Å². The fourth-order valence-corrected chi connectivity index (χ4v) is 2.96. The Labute approximate surface area is 141 Å². The molecule has 8 heteroatoms. The number of halogens is 1. The summed E-state index contributed by atoms with van der Waals surface area (Å²) >= 11 is 1.43. The molecule has 0 aliphatic rings. The first-order valence-electron chi connectivity index (χ1n) is 7.10. The lowest BCUT2D eigenvalue weighted by molar-refractivity contribution is 0.0469. The molecule has 24 heavy (non-hydrogen) atoms. The topological polar surface area (TPSA) is 83.0 Å². The molecule has 2 heterocycles. The van der Waals surface area contributed by atoms with Crippen LogP contribution in [-0.4, -0.2) is 20.7 Å². The van der Waals surface area contributed by atoms with E-state index >= 15 is 0 Å². The highest BCUT2D eigenvalue weighted by Gasteiger charge is 2.16. The molecule has 0 aliphatic carbocycles. The van der Waals surface area contributed by atoms with Crippen molar-refractivity contribution in [2.45, 2.75) is 13.5 Å². The Morgan fingerprint density at radius 2 is 2.25 bits per heavy atom. The molecule has 6 nitrogen and oxygen atoms in total. The van der Waals surface area contributed by atoms with E-state index in [-0.39, 0.29) is 17.9 Å². The van der Waals surface area contributed by atoms with E-state index in [0.717, 1.165) is 16.6 Å². The predicted octanol–water partition coefficient (Wildman–Crippen LogP) is 2.93. The number of anilines is 1. The van der Waals surface area contributed by atoms with Crippen molar-refractivity contribution in [3.8, 4) is 10.6 Å². The molecule has 0 bridgehead atoms. The maximum Gasteiger partial charge on any atom is 0.340 e. The summed E-state index contributed by atoms with van der Waals surface area (Å²) in [6.45, 7) is 1.63. The quantitative estimate of drug-likeness (QED) is 0.580. The van der Waals surface area contributed by atoms with Crippen LogP contribution < -0.4 is 5.73 Å². The second-order valence-corrected chi connectivity index (χ2v) is 6.16. The summed E-state index contributed by atoms with van der Waals surface area (Å²) < 4.78 is 20.3. The zero-order valence-electron chi connectivity index (χ0n) is 13.1. The fraction of sp³-hybridized carbons (Fsp3) is 0.188. The molecule has 124 valence electrons. The van der Waals surface area contributed by atoms with E-state index in [1.165, 1.54) is 17.4 Å². The number of esters is 1. The van der Waals surface area contributed by atoms with Gasteiger partial charge >= 0.3 is 5.97 Å². The van der Waals surface area contributed by atoms with Crippen molar-refractivity contribution in [2.75, 3.05) is 5.73 Å². The van der Waals surface area contributed by atoms with Crippen LogP contribution >= 0.6 is 11.3 Å². The number of nitrogen functional groups attached to an aromatic ring is 1. The second-order valence-electron chi connectivity index (χ2n) is 5.31. The highest BCUT2D eigenvalue weighted by atomic mass is 32.1. The van der Waals surface area contributed by atoms with E-state index in [0.29, 0.717) is 11.3 Å². The van der Waals surface area contributed by atoms with Crippen molar-refractivity contribution in [3.63, 3.8) is 0 Å². The number of nitrogens with two attached hydrogens (primary N) is 1. The smallest absolute Gasteiger partial charge is 0.340 e. The summed E-state index contributed by atoms with van der Waals surface area (Å²) in [4.78, 5) is 16.5. The summed E-state index contributed by atoms with van der Waals surface area (Å²) in [5.41, 5.74) is 8.05. The molecule has 2 aromatic heterocycles.